The van der Waals surface area contributed by atoms with Crippen molar-refractivity contribution in [2.45, 2.75) is 180 Å². The maximum atomic E-state index is 12.5. The predicted molar refractivity (Wildman–Crippen MR) is 217 cm³/mol. The molecule has 3 unspecified atom stereocenters. The average Bonchev–Trinajstić information content (AvgIpc) is 3.14. The molecule has 312 valence electrons. The third kappa shape index (κ3) is 36.4. The van der Waals surface area contributed by atoms with Crippen molar-refractivity contribution in [1.29, 1.82) is 0 Å². The number of carbonyl (C=O) groups excluding carboxylic acids is 2. The van der Waals surface area contributed by atoms with Crippen molar-refractivity contribution < 1.29 is 47.5 Å². The van der Waals surface area contributed by atoms with Crippen LogP contribution in [-0.4, -0.2) is 59.9 Å². The lowest BCUT2D eigenvalue weighted by Crippen LogP contribution is -2.34. The van der Waals surface area contributed by atoms with Crippen LogP contribution in [0.5, 0.6) is 0 Å². The molecule has 0 amide bonds. The van der Waals surface area contributed by atoms with E-state index in [2.05, 4.69) is 48.8 Å². The number of aliphatic carboxylic acids is 1. The van der Waals surface area contributed by atoms with E-state index in [1.54, 1.807) is 0 Å². The Bertz CT molecular complexity index is 1110. The molecule has 0 aliphatic rings. The van der Waals surface area contributed by atoms with E-state index in [4.69, 9.17) is 24.8 Å². The van der Waals surface area contributed by atoms with E-state index in [-0.39, 0.29) is 19.4 Å². The fourth-order valence-electron chi connectivity index (χ4n) is 5.37. The molecule has 0 saturated heterocycles. The Morgan fingerprint density at radius 1 is 0.593 bits per heavy atom. The van der Waals surface area contributed by atoms with Crippen molar-refractivity contribution >= 4 is 25.7 Å². The highest BCUT2D eigenvalue weighted by Crippen LogP contribution is 2.43. The van der Waals surface area contributed by atoms with Gasteiger partial charge in [-0.25, -0.2) is 4.57 Å². The van der Waals surface area contributed by atoms with Crippen LogP contribution in [0.25, 0.3) is 0 Å². The van der Waals surface area contributed by atoms with Gasteiger partial charge in [0, 0.05) is 12.8 Å². The summed E-state index contributed by atoms with van der Waals surface area (Å²) >= 11 is 0. The molecule has 0 spiro atoms. The number of allylic oxidation sites excluding steroid dienone is 8. The van der Waals surface area contributed by atoms with Gasteiger partial charge in [-0.1, -0.05) is 165 Å². The van der Waals surface area contributed by atoms with Gasteiger partial charge in [-0.05, 0) is 38.5 Å². The van der Waals surface area contributed by atoms with Crippen LogP contribution in [0.2, 0.25) is 0 Å². The van der Waals surface area contributed by atoms with Gasteiger partial charge in [0.1, 0.15) is 12.6 Å². The zero-order chi connectivity index (χ0) is 40.0. The summed E-state index contributed by atoms with van der Waals surface area (Å²) in [5, 5.41) is 8.87. The SMILES string of the molecule is CC/C=C\C/C=C\C/C=C\C/C=C\CCC(=O)OC(COC(=O)CCCCCCCCCCCCCCCCCCC)COP(=O)(O)OCC(N)C(=O)O. The maximum Gasteiger partial charge on any atom is 0.472 e. The Morgan fingerprint density at radius 3 is 1.52 bits per heavy atom. The topological polar surface area (TPSA) is 172 Å². The third-order valence-electron chi connectivity index (χ3n) is 8.60. The van der Waals surface area contributed by atoms with E-state index in [0.29, 0.717) is 12.8 Å². The molecular formula is C42H74NO10P. The molecule has 0 aromatic heterocycles. The maximum absolute atomic E-state index is 12.5. The average molecular weight is 784 g/mol. The van der Waals surface area contributed by atoms with E-state index in [1.807, 2.05) is 18.2 Å². The first-order valence-corrected chi connectivity index (χ1v) is 22.2. The van der Waals surface area contributed by atoms with Crippen LogP contribution in [-0.2, 0) is 37.5 Å². The van der Waals surface area contributed by atoms with Gasteiger partial charge in [-0.3, -0.25) is 23.4 Å². The molecule has 12 heteroatoms. The fraction of sp³-hybridized carbons (Fsp3) is 0.738. The van der Waals surface area contributed by atoms with Gasteiger partial charge in [0.25, 0.3) is 0 Å². The molecule has 0 heterocycles. The van der Waals surface area contributed by atoms with Crippen molar-refractivity contribution in [2.75, 3.05) is 19.8 Å². The lowest BCUT2D eigenvalue weighted by molar-refractivity contribution is -0.161. The standard InChI is InChI=1S/C42H74NO10P/c1-3-5-7-9-11-13-15-17-18-19-20-22-23-25-27-29-31-33-40(44)50-35-38(36-51-54(48,49)52-37-39(43)42(46)47)53-41(45)34-32-30-28-26-24-21-16-14-12-10-8-6-4-2/h6,8,12,14,21,24,28,30,38-39H,3-5,7,9-11,13,15-20,22-23,25-27,29,31-37,43H2,1-2H3,(H,46,47)(H,48,49)/b8-6-,14-12-,24-21-,30-28-. The van der Waals surface area contributed by atoms with Crippen LogP contribution in [0.15, 0.2) is 48.6 Å². The number of esters is 2. The second kappa shape index (κ2) is 37.4. The molecule has 11 nitrogen and oxygen atoms in total. The number of carboxylic acid groups (broad SMARTS) is 1. The summed E-state index contributed by atoms with van der Waals surface area (Å²) in [5.41, 5.74) is 5.32. The van der Waals surface area contributed by atoms with Crippen molar-refractivity contribution in [3.63, 3.8) is 0 Å². The van der Waals surface area contributed by atoms with Crippen molar-refractivity contribution in [3.8, 4) is 0 Å². The van der Waals surface area contributed by atoms with E-state index >= 15 is 0 Å². The summed E-state index contributed by atoms with van der Waals surface area (Å²) in [7, 11) is -4.73. The molecule has 0 radical (unpaired) electrons. The largest absolute Gasteiger partial charge is 0.480 e. The highest BCUT2D eigenvalue weighted by atomic mass is 31.2. The Balaban J connectivity index is 4.43. The van der Waals surface area contributed by atoms with Crippen LogP contribution in [0.1, 0.15) is 168 Å². The highest BCUT2D eigenvalue weighted by Gasteiger charge is 2.28. The first-order valence-electron chi connectivity index (χ1n) is 20.7. The predicted octanol–water partition coefficient (Wildman–Crippen LogP) is 10.6. The fourth-order valence-corrected chi connectivity index (χ4v) is 6.15. The summed E-state index contributed by atoms with van der Waals surface area (Å²) in [5.74, 6) is -2.48. The molecule has 0 rings (SSSR count). The summed E-state index contributed by atoms with van der Waals surface area (Å²) in [4.78, 5) is 45.8. The van der Waals surface area contributed by atoms with E-state index in [9.17, 15) is 23.8 Å². The van der Waals surface area contributed by atoms with Gasteiger partial charge in [0.2, 0.25) is 0 Å². The van der Waals surface area contributed by atoms with E-state index < -0.39 is 51.1 Å². The lowest BCUT2D eigenvalue weighted by Gasteiger charge is -2.20. The number of nitrogens with two attached hydrogens (primary N) is 1. The first-order chi connectivity index (χ1) is 26.1. The molecule has 0 aliphatic heterocycles. The number of unbranched alkanes of at least 4 members (excludes halogenated alkanes) is 16. The molecule has 0 bridgehead atoms. The zero-order valence-corrected chi connectivity index (χ0v) is 34.4. The summed E-state index contributed by atoms with van der Waals surface area (Å²) in [6.07, 6.45) is 40.6. The van der Waals surface area contributed by atoms with Crippen LogP contribution in [0.3, 0.4) is 0 Å². The normalized spacial score (nSPS) is 14.3. The summed E-state index contributed by atoms with van der Waals surface area (Å²) in [6.45, 7) is 2.61. The molecule has 0 saturated carbocycles. The minimum absolute atomic E-state index is 0.0404. The highest BCUT2D eigenvalue weighted by molar-refractivity contribution is 7.47. The van der Waals surface area contributed by atoms with Gasteiger partial charge < -0.3 is 25.2 Å². The second-order valence-corrected chi connectivity index (χ2v) is 15.2. The van der Waals surface area contributed by atoms with Gasteiger partial charge in [0.15, 0.2) is 6.10 Å². The molecule has 0 aromatic carbocycles. The number of hydrogen-bond acceptors (Lipinski definition) is 9. The number of rotatable bonds is 38. The van der Waals surface area contributed by atoms with Crippen LogP contribution in [0, 0.1) is 0 Å². The molecule has 3 atom stereocenters. The van der Waals surface area contributed by atoms with Crippen LogP contribution >= 0.6 is 7.82 Å². The van der Waals surface area contributed by atoms with Crippen LogP contribution in [0.4, 0.5) is 0 Å². The summed E-state index contributed by atoms with van der Waals surface area (Å²) < 4.78 is 32.5. The molecule has 4 N–H and O–H groups in total. The third-order valence-corrected chi connectivity index (χ3v) is 9.56. The molecule has 0 aliphatic carbocycles. The van der Waals surface area contributed by atoms with Gasteiger partial charge in [0.05, 0.1) is 13.2 Å². The first kappa shape index (κ1) is 51.4. The summed E-state index contributed by atoms with van der Waals surface area (Å²) in [6, 6.07) is -1.53. The Labute approximate surface area is 326 Å². The zero-order valence-electron chi connectivity index (χ0n) is 33.6. The number of ether oxygens (including phenoxy) is 2. The monoisotopic (exact) mass is 784 g/mol. The lowest BCUT2D eigenvalue weighted by atomic mass is 10.0. The van der Waals surface area contributed by atoms with Gasteiger partial charge >= 0.3 is 25.7 Å². The minimum Gasteiger partial charge on any atom is -0.480 e. The van der Waals surface area contributed by atoms with Crippen molar-refractivity contribution in [1.82, 2.24) is 0 Å². The number of phosphoric acid groups is 1. The smallest absolute Gasteiger partial charge is 0.472 e. The number of carbonyl (C=O) groups is 3. The number of carboxylic acids is 1. The van der Waals surface area contributed by atoms with Crippen LogP contribution < -0.4 is 5.73 Å². The minimum atomic E-state index is -4.73. The molecule has 0 fully saturated rings. The quantitative estimate of drug-likeness (QED) is 0.0235. The van der Waals surface area contributed by atoms with Crippen molar-refractivity contribution in [3.05, 3.63) is 48.6 Å². The molecule has 0 aromatic rings. The molecule has 54 heavy (non-hydrogen) atoms. The number of phosphoric ester groups is 1. The van der Waals surface area contributed by atoms with E-state index in [0.717, 1.165) is 44.9 Å². The Hall–Kier alpha value is -2.56. The second-order valence-electron chi connectivity index (χ2n) is 13.7. The molecular weight excluding hydrogens is 709 g/mol. The van der Waals surface area contributed by atoms with Gasteiger partial charge in [-0.2, -0.15) is 0 Å². The van der Waals surface area contributed by atoms with E-state index in [1.165, 1.54) is 83.5 Å². The Kier molecular flexibility index (Phi) is 35.6. The Morgan fingerprint density at radius 2 is 1.04 bits per heavy atom. The number of hydrogen-bond donors (Lipinski definition) is 3. The van der Waals surface area contributed by atoms with Gasteiger partial charge in [-0.15, -0.1) is 0 Å². The van der Waals surface area contributed by atoms with Crippen molar-refractivity contribution in [2.24, 2.45) is 5.73 Å².